The number of carbonyl (C=O) groups is 1. The van der Waals surface area contributed by atoms with E-state index in [4.69, 9.17) is 0 Å². The third-order valence-electron chi connectivity index (χ3n) is 3.65. The van der Waals surface area contributed by atoms with Crippen LogP contribution in [0.4, 0.5) is 0 Å². The predicted molar refractivity (Wildman–Crippen MR) is 83.1 cm³/mol. The van der Waals surface area contributed by atoms with Crippen LogP contribution >= 0.6 is 11.3 Å². The molecule has 1 N–H and O–H groups in total. The molecule has 0 aromatic carbocycles. The normalized spacial score (nSPS) is 16.5. The smallest absolute Gasteiger partial charge is 0.252 e. The largest absolute Gasteiger partial charge is 0.352 e. The molecular formula is C15H26N2OS. The van der Waals surface area contributed by atoms with Gasteiger partial charge in [0.25, 0.3) is 5.91 Å². The molecule has 0 radical (unpaired) electrons. The van der Waals surface area contributed by atoms with Crippen LogP contribution in [0.25, 0.3) is 0 Å². The van der Waals surface area contributed by atoms with Gasteiger partial charge in [0.2, 0.25) is 0 Å². The van der Waals surface area contributed by atoms with Crippen molar-refractivity contribution in [3.05, 3.63) is 21.9 Å². The van der Waals surface area contributed by atoms with Crippen LogP contribution in [0.2, 0.25) is 0 Å². The molecule has 2 rings (SSSR count). The summed E-state index contributed by atoms with van der Waals surface area (Å²) in [4.78, 5) is 15.7. The van der Waals surface area contributed by atoms with Gasteiger partial charge in [0.05, 0.1) is 5.56 Å². The van der Waals surface area contributed by atoms with Crippen LogP contribution in [0.1, 0.15) is 49.3 Å². The monoisotopic (exact) mass is 282 g/mol. The van der Waals surface area contributed by atoms with Crippen molar-refractivity contribution in [2.75, 3.05) is 26.2 Å². The Hall–Kier alpha value is -0.870. The van der Waals surface area contributed by atoms with Crippen LogP contribution in [0.15, 0.2) is 11.4 Å². The second-order valence-electron chi connectivity index (χ2n) is 5.17. The van der Waals surface area contributed by atoms with E-state index in [1.54, 1.807) is 11.3 Å². The van der Waals surface area contributed by atoms with E-state index in [0.29, 0.717) is 0 Å². The molecule has 1 aromatic heterocycles. The summed E-state index contributed by atoms with van der Waals surface area (Å²) in [5.74, 6) is 0.0783. The molecule has 0 unspecified atom stereocenters. The van der Waals surface area contributed by atoms with E-state index < -0.39 is 0 Å². The minimum atomic E-state index is 0. The Labute approximate surface area is 121 Å². The molecule has 108 valence electrons. The number of amides is 1. The van der Waals surface area contributed by atoms with Gasteiger partial charge in [-0.2, -0.15) is 0 Å². The molecule has 1 fully saturated rings. The molecule has 1 saturated heterocycles. The molecule has 0 atom stereocenters. The minimum Gasteiger partial charge on any atom is -0.352 e. The summed E-state index contributed by atoms with van der Waals surface area (Å²) in [6.45, 7) is 6.49. The van der Waals surface area contributed by atoms with E-state index in [0.717, 1.165) is 31.5 Å². The van der Waals surface area contributed by atoms with Crippen LogP contribution in [0.5, 0.6) is 0 Å². The summed E-state index contributed by atoms with van der Waals surface area (Å²) < 4.78 is 0. The van der Waals surface area contributed by atoms with E-state index in [9.17, 15) is 4.79 Å². The first-order valence-electron chi connectivity index (χ1n) is 7.37. The number of nitrogens with one attached hydrogen (secondary N) is 1. The molecule has 0 saturated carbocycles. The minimum absolute atomic E-state index is 0. The quantitative estimate of drug-likeness (QED) is 0.813. The Bertz CT molecular complexity index is 402. The van der Waals surface area contributed by atoms with Crippen molar-refractivity contribution in [2.24, 2.45) is 0 Å². The summed E-state index contributed by atoms with van der Waals surface area (Å²) in [5, 5.41) is 4.97. The summed E-state index contributed by atoms with van der Waals surface area (Å²) in [6.07, 6.45) is 6.11. The number of hydrogen-bond donors (Lipinski definition) is 1. The van der Waals surface area contributed by atoms with Crippen LogP contribution in [-0.2, 0) is 6.42 Å². The molecule has 1 amide bonds. The zero-order chi connectivity index (χ0) is 13.5. The lowest BCUT2D eigenvalue weighted by Gasteiger charge is -2.26. The standard InChI is InChI=1S/C15H24N2OS.H2/c1-2-14-11-13(12-19-14)15(18)16-7-6-10-17-8-4-3-5-9-17;/h11-12H,2-10H2,1H3,(H,16,18);1H. The third kappa shape index (κ3) is 4.62. The first kappa shape index (κ1) is 14.5. The summed E-state index contributed by atoms with van der Waals surface area (Å²) in [6, 6.07) is 2.00. The van der Waals surface area contributed by atoms with Crippen molar-refractivity contribution in [3.63, 3.8) is 0 Å². The molecular weight excluding hydrogens is 256 g/mol. The Balaban J connectivity index is 0.00000200. The molecule has 1 aliphatic heterocycles. The highest BCUT2D eigenvalue weighted by atomic mass is 32.1. The van der Waals surface area contributed by atoms with Crippen molar-refractivity contribution in [1.29, 1.82) is 0 Å². The van der Waals surface area contributed by atoms with E-state index in [1.165, 1.54) is 37.2 Å². The lowest BCUT2D eigenvalue weighted by molar-refractivity contribution is 0.0951. The fraction of sp³-hybridized carbons (Fsp3) is 0.667. The number of aryl methyl sites for hydroxylation is 1. The highest BCUT2D eigenvalue weighted by molar-refractivity contribution is 7.10. The number of nitrogens with zero attached hydrogens (tertiary/aromatic N) is 1. The van der Waals surface area contributed by atoms with Gasteiger partial charge in [-0.25, -0.2) is 0 Å². The van der Waals surface area contributed by atoms with Crippen molar-refractivity contribution in [3.8, 4) is 0 Å². The first-order chi connectivity index (χ1) is 9.29. The number of piperidine rings is 1. The number of carbonyl (C=O) groups excluding carboxylic acids is 1. The van der Waals surface area contributed by atoms with Gasteiger partial charge in [0, 0.05) is 18.2 Å². The maximum atomic E-state index is 11.9. The SMILES string of the molecule is CCc1cc(C(=O)NCCCN2CCCCC2)cs1.[HH]. The van der Waals surface area contributed by atoms with Crippen molar-refractivity contribution >= 4 is 17.2 Å². The fourth-order valence-corrected chi connectivity index (χ4v) is 3.29. The number of rotatable bonds is 6. The maximum Gasteiger partial charge on any atom is 0.252 e. The Morgan fingerprint density at radius 2 is 2.21 bits per heavy atom. The lowest BCUT2D eigenvalue weighted by Crippen LogP contribution is -2.33. The van der Waals surface area contributed by atoms with E-state index >= 15 is 0 Å². The van der Waals surface area contributed by atoms with Crippen LogP contribution in [0.3, 0.4) is 0 Å². The molecule has 3 nitrogen and oxygen atoms in total. The second-order valence-corrected chi connectivity index (χ2v) is 6.16. The number of likely N-dealkylation sites (tertiary alicyclic amines) is 1. The molecule has 0 spiro atoms. The highest BCUT2D eigenvalue weighted by Gasteiger charge is 2.10. The predicted octanol–water partition coefficient (Wildman–Crippen LogP) is 3.16. The first-order valence-corrected chi connectivity index (χ1v) is 8.25. The van der Waals surface area contributed by atoms with E-state index in [1.807, 2.05) is 11.4 Å². The fourth-order valence-electron chi connectivity index (χ4n) is 2.47. The highest BCUT2D eigenvalue weighted by Crippen LogP contribution is 2.15. The Morgan fingerprint density at radius 1 is 1.42 bits per heavy atom. The van der Waals surface area contributed by atoms with Crippen molar-refractivity contribution < 1.29 is 6.22 Å². The van der Waals surface area contributed by atoms with Gasteiger partial charge >= 0.3 is 0 Å². The summed E-state index contributed by atoms with van der Waals surface area (Å²) >= 11 is 1.67. The summed E-state index contributed by atoms with van der Waals surface area (Å²) in [5.41, 5.74) is 0.819. The average molecular weight is 282 g/mol. The molecule has 4 heteroatoms. The van der Waals surface area contributed by atoms with Gasteiger partial charge in [-0.15, -0.1) is 11.3 Å². The third-order valence-corrected chi connectivity index (χ3v) is 4.73. The second kappa shape index (κ2) is 7.65. The average Bonchev–Trinajstić information content (AvgIpc) is 2.93. The van der Waals surface area contributed by atoms with Crippen LogP contribution in [-0.4, -0.2) is 37.0 Å². The van der Waals surface area contributed by atoms with Gasteiger partial charge < -0.3 is 10.2 Å². The molecule has 2 heterocycles. The van der Waals surface area contributed by atoms with Crippen molar-refractivity contribution in [2.45, 2.75) is 39.0 Å². The molecule has 0 bridgehead atoms. The van der Waals surface area contributed by atoms with E-state index in [2.05, 4.69) is 17.1 Å². The van der Waals surface area contributed by atoms with Crippen LogP contribution in [0, 0.1) is 0 Å². The lowest BCUT2D eigenvalue weighted by atomic mass is 10.1. The molecule has 1 aliphatic rings. The summed E-state index contributed by atoms with van der Waals surface area (Å²) in [7, 11) is 0. The maximum absolute atomic E-state index is 11.9. The Morgan fingerprint density at radius 3 is 2.89 bits per heavy atom. The van der Waals surface area contributed by atoms with Gasteiger partial charge in [-0.3, -0.25) is 4.79 Å². The number of thiophene rings is 1. The molecule has 0 aliphatic carbocycles. The molecule has 19 heavy (non-hydrogen) atoms. The topological polar surface area (TPSA) is 32.3 Å². The van der Waals surface area contributed by atoms with Gasteiger partial charge in [-0.1, -0.05) is 13.3 Å². The van der Waals surface area contributed by atoms with Crippen LogP contribution < -0.4 is 5.32 Å². The van der Waals surface area contributed by atoms with Crippen molar-refractivity contribution in [1.82, 2.24) is 10.2 Å². The zero-order valence-electron chi connectivity index (χ0n) is 11.8. The van der Waals surface area contributed by atoms with Gasteiger partial charge in [0.15, 0.2) is 0 Å². The Kier molecular flexibility index (Phi) is 5.86. The van der Waals surface area contributed by atoms with Gasteiger partial charge in [0.1, 0.15) is 0 Å². The number of hydrogen-bond acceptors (Lipinski definition) is 3. The molecule has 1 aromatic rings. The van der Waals surface area contributed by atoms with Gasteiger partial charge in [-0.05, 0) is 51.4 Å². The van der Waals surface area contributed by atoms with E-state index in [-0.39, 0.29) is 7.33 Å². The zero-order valence-corrected chi connectivity index (χ0v) is 12.6.